The molecule has 0 unspecified atom stereocenters. The molecule has 0 aliphatic rings. The Hall–Kier alpha value is -2.27. The number of aliphatic imine (C=N–C) groups is 1. The molecule has 25 heavy (non-hydrogen) atoms. The third kappa shape index (κ3) is 6.63. The number of nitrogens with zero attached hydrogens (tertiary/aromatic N) is 2. The molecule has 0 spiro atoms. The summed E-state index contributed by atoms with van der Waals surface area (Å²) in [6.45, 7) is 4.31. The van der Waals surface area contributed by atoms with E-state index in [1.807, 2.05) is 36.4 Å². The van der Waals surface area contributed by atoms with Crippen molar-refractivity contribution in [3.63, 3.8) is 0 Å². The molecule has 134 valence electrons. The number of hydrogen-bond acceptors (Lipinski definition) is 3. The van der Waals surface area contributed by atoms with Gasteiger partial charge in [0.15, 0.2) is 5.96 Å². The molecule has 2 N–H and O–H groups in total. The van der Waals surface area contributed by atoms with Crippen LogP contribution in [0.4, 0.5) is 0 Å². The normalized spacial score (nSPS) is 11.2. The summed E-state index contributed by atoms with van der Waals surface area (Å²) in [6.07, 6.45) is 3.44. The second kappa shape index (κ2) is 10.6. The van der Waals surface area contributed by atoms with Gasteiger partial charge in [0.25, 0.3) is 0 Å². The summed E-state index contributed by atoms with van der Waals surface area (Å²) >= 11 is 6.28. The molecule has 1 aromatic carbocycles. The number of aromatic nitrogens is 1. The highest BCUT2D eigenvalue weighted by molar-refractivity contribution is 6.31. The van der Waals surface area contributed by atoms with Crippen LogP contribution in [-0.2, 0) is 12.8 Å². The fraction of sp³-hybridized carbons (Fsp3) is 0.368. The number of methoxy groups -OCH3 is 1. The Morgan fingerprint density at radius 2 is 2.08 bits per heavy atom. The number of ether oxygens (including phenoxy) is 1. The highest BCUT2D eigenvalue weighted by Crippen LogP contribution is 2.22. The Morgan fingerprint density at radius 1 is 1.20 bits per heavy atom. The van der Waals surface area contributed by atoms with Crippen molar-refractivity contribution in [1.82, 2.24) is 15.6 Å². The molecule has 0 saturated carbocycles. The maximum atomic E-state index is 6.28. The second-order valence-corrected chi connectivity index (χ2v) is 5.87. The smallest absolute Gasteiger partial charge is 0.191 e. The van der Waals surface area contributed by atoms with Gasteiger partial charge < -0.3 is 15.4 Å². The predicted octanol–water partition coefficient (Wildman–Crippen LogP) is 3.08. The van der Waals surface area contributed by atoms with Crippen LogP contribution in [0.2, 0.25) is 5.02 Å². The molecule has 0 fully saturated rings. The predicted molar refractivity (Wildman–Crippen MR) is 104 cm³/mol. The van der Waals surface area contributed by atoms with E-state index in [1.165, 1.54) is 0 Å². The molecule has 0 saturated heterocycles. The van der Waals surface area contributed by atoms with Crippen LogP contribution < -0.4 is 15.4 Å². The molecule has 2 rings (SSSR count). The van der Waals surface area contributed by atoms with Crippen LogP contribution in [0.5, 0.6) is 5.75 Å². The Morgan fingerprint density at radius 3 is 2.76 bits per heavy atom. The van der Waals surface area contributed by atoms with Crippen molar-refractivity contribution in [2.75, 3.05) is 26.7 Å². The lowest BCUT2D eigenvalue weighted by Crippen LogP contribution is -2.38. The summed E-state index contributed by atoms with van der Waals surface area (Å²) in [5.74, 6) is 1.58. The molecule has 2 aromatic rings. The number of halogens is 1. The first-order valence-corrected chi connectivity index (χ1v) is 8.85. The van der Waals surface area contributed by atoms with Crippen LogP contribution >= 0.6 is 11.6 Å². The van der Waals surface area contributed by atoms with Gasteiger partial charge in [-0.3, -0.25) is 9.98 Å². The third-order valence-electron chi connectivity index (χ3n) is 3.66. The average Bonchev–Trinajstić information content (AvgIpc) is 2.64. The van der Waals surface area contributed by atoms with E-state index >= 15 is 0 Å². The first-order valence-electron chi connectivity index (χ1n) is 8.47. The van der Waals surface area contributed by atoms with Gasteiger partial charge in [-0.25, -0.2) is 0 Å². The standard InChI is InChI=1S/C19H25ClN4O/c1-3-21-19(24-13-10-16-6-4-5-11-22-16)23-12-9-15-7-8-17(25-2)14-18(15)20/h4-8,11,14H,3,9-10,12-13H2,1-2H3,(H2,21,23,24). The highest BCUT2D eigenvalue weighted by atomic mass is 35.5. The molecule has 0 atom stereocenters. The fourth-order valence-corrected chi connectivity index (χ4v) is 2.61. The molecule has 0 bridgehead atoms. The summed E-state index contributed by atoms with van der Waals surface area (Å²) in [4.78, 5) is 8.90. The van der Waals surface area contributed by atoms with E-state index in [0.717, 1.165) is 53.9 Å². The number of guanidine groups is 1. The summed E-state index contributed by atoms with van der Waals surface area (Å²) in [5.41, 5.74) is 2.13. The molecule has 1 heterocycles. The highest BCUT2D eigenvalue weighted by Gasteiger charge is 2.03. The van der Waals surface area contributed by atoms with E-state index in [4.69, 9.17) is 16.3 Å². The fourth-order valence-electron chi connectivity index (χ4n) is 2.34. The zero-order valence-corrected chi connectivity index (χ0v) is 15.5. The van der Waals surface area contributed by atoms with Gasteiger partial charge in [0.2, 0.25) is 0 Å². The van der Waals surface area contributed by atoms with Crippen LogP contribution in [0, 0.1) is 0 Å². The minimum atomic E-state index is 0.690. The van der Waals surface area contributed by atoms with E-state index in [9.17, 15) is 0 Å². The SMILES string of the molecule is CCNC(=NCCc1ccccn1)NCCc1ccc(OC)cc1Cl. The van der Waals surface area contributed by atoms with E-state index < -0.39 is 0 Å². The quantitative estimate of drug-likeness (QED) is 0.561. The van der Waals surface area contributed by atoms with Crippen LogP contribution in [-0.4, -0.2) is 37.7 Å². The second-order valence-electron chi connectivity index (χ2n) is 5.47. The molecule has 0 amide bonds. The van der Waals surface area contributed by atoms with Gasteiger partial charge in [0.1, 0.15) is 5.75 Å². The van der Waals surface area contributed by atoms with Crippen molar-refractivity contribution in [2.45, 2.75) is 19.8 Å². The Balaban J connectivity index is 1.83. The van der Waals surface area contributed by atoms with Crippen LogP contribution in [0.3, 0.4) is 0 Å². The molecule has 0 aliphatic heterocycles. The average molecular weight is 361 g/mol. The van der Waals surface area contributed by atoms with Crippen molar-refractivity contribution < 1.29 is 4.74 Å². The number of nitrogens with one attached hydrogen (secondary N) is 2. The minimum Gasteiger partial charge on any atom is -0.497 e. The van der Waals surface area contributed by atoms with Crippen molar-refractivity contribution in [1.29, 1.82) is 0 Å². The maximum absolute atomic E-state index is 6.28. The number of hydrogen-bond donors (Lipinski definition) is 2. The first-order chi connectivity index (χ1) is 12.2. The van der Waals surface area contributed by atoms with Crippen LogP contribution in [0.25, 0.3) is 0 Å². The van der Waals surface area contributed by atoms with E-state index in [2.05, 4.69) is 27.5 Å². The molecule has 0 radical (unpaired) electrons. The van der Waals surface area contributed by atoms with Crippen molar-refractivity contribution in [2.24, 2.45) is 4.99 Å². The summed E-state index contributed by atoms with van der Waals surface area (Å²) in [7, 11) is 1.64. The summed E-state index contributed by atoms with van der Waals surface area (Å²) in [6, 6.07) is 11.7. The van der Waals surface area contributed by atoms with Crippen LogP contribution in [0.1, 0.15) is 18.2 Å². The minimum absolute atomic E-state index is 0.690. The zero-order valence-electron chi connectivity index (χ0n) is 14.8. The Bertz CT molecular complexity index is 676. The lowest BCUT2D eigenvalue weighted by molar-refractivity contribution is 0.414. The Kier molecular flexibility index (Phi) is 8.05. The van der Waals surface area contributed by atoms with Gasteiger partial charge in [0, 0.05) is 43.0 Å². The number of pyridine rings is 1. The number of benzene rings is 1. The van der Waals surface area contributed by atoms with Gasteiger partial charge in [-0.05, 0) is 43.2 Å². The molecule has 1 aromatic heterocycles. The van der Waals surface area contributed by atoms with Gasteiger partial charge >= 0.3 is 0 Å². The summed E-state index contributed by atoms with van der Waals surface area (Å²) in [5, 5.41) is 7.31. The molecular formula is C19H25ClN4O. The Labute approximate surface area is 154 Å². The van der Waals surface area contributed by atoms with Crippen molar-refractivity contribution in [3.05, 3.63) is 58.9 Å². The van der Waals surface area contributed by atoms with Crippen molar-refractivity contribution >= 4 is 17.6 Å². The number of rotatable bonds is 8. The maximum Gasteiger partial charge on any atom is 0.191 e. The summed E-state index contributed by atoms with van der Waals surface area (Å²) < 4.78 is 5.17. The third-order valence-corrected chi connectivity index (χ3v) is 4.01. The van der Waals surface area contributed by atoms with E-state index in [0.29, 0.717) is 6.54 Å². The largest absolute Gasteiger partial charge is 0.497 e. The van der Waals surface area contributed by atoms with Gasteiger partial charge in [0.05, 0.1) is 7.11 Å². The molecule has 0 aliphatic carbocycles. The van der Waals surface area contributed by atoms with E-state index in [1.54, 1.807) is 13.3 Å². The molecule has 5 nitrogen and oxygen atoms in total. The zero-order chi connectivity index (χ0) is 17.9. The topological polar surface area (TPSA) is 58.5 Å². The van der Waals surface area contributed by atoms with Gasteiger partial charge in [-0.2, -0.15) is 0 Å². The monoisotopic (exact) mass is 360 g/mol. The van der Waals surface area contributed by atoms with Gasteiger partial charge in [-0.1, -0.05) is 23.7 Å². The van der Waals surface area contributed by atoms with E-state index in [-0.39, 0.29) is 0 Å². The molecular weight excluding hydrogens is 336 g/mol. The van der Waals surface area contributed by atoms with Crippen molar-refractivity contribution in [3.8, 4) is 5.75 Å². The lowest BCUT2D eigenvalue weighted by Gasteiger charge is -2.12. The molecule has 6 heteroatoms. The first kappa shape index (κ1) is 19.1. The van der Waals surface area contributed by atoms with Crippen LogP contribution in [0.15, 0.2) is 47.6 Å². The lowest BCUT2D eigenvalue weighted by atomic mass is 10.1. The van der Waals surface area contributed by atoms with Gasteiger partial charge in [-0.15, -0.1) is 0 Å².